The van der Waals surface area contributed by atoms with Crippen LogP contribution in [0.1, 0.15) is 44.1 Å². The predicted octanol–water partition coefficient (Wildman–Crippen LogP) is 3.65. The van der Waals surface area contributed by atoms with Gasteiger partial charge >= 0.3 is 6.03 Å². The Morgan fingerprint density at radius 3 is 2.44 bits per heavy atom. The summed E-state index contributed by atoms with van der Waals surface area (Å²) in [5, 5.41) is 14.3. The third-order valence-corrected chi connectivity index (χ3v) is 6.30. The van der Waals surface area contributed by atoms with Gasteiger partial charge in [0.15, 0.2) is 5.78 Å². The quantitative estimate of drug-likeness (QED) is 0.660. The van der Waals surface area contributed by atoms with Gasteiger partial charge in [-0.2, -0.15) is 9.78 Å². The van der Waals surface area contributed by atoms with E-state index < -0.39 is 5.60 Å². The molecule has 1 amide bonds. The number of fused-ring (bicyclic) bond motifs is 1. The number of aromatic nitrogens is 2. The Morgan fingerprint density at radius 1 is 1.19 bits per heavy atom. The van der Waals surface area contributed by atoms with Crippen molar-refractivity contribution in [2.24, 2.45) is 11.8 Å². The van der Waals surface area contributed by atoms with Gasteiger partial charge in [-0.25, -0.2) is 4.79 Å². The summed E-state index contributed by atoms with van der Waals surface area (Å²) in [7, 11) is 0. The summed E-state index contributed by atoms with van der Waals surface area (Å²) >= 11 is 6.48. The van der Waals surface area contributed by atoms with Gasteiger partial charge in [-0.15, -0.1) is 0 Å². The molecule has 3 atom stereocenters. The average Bonchev–Trinajstić information content (AvgIpc) is 3.42. The van der Waals surface area contributed by atoms with Gasteiger partial charge < -0.3 is 19.5 Å². The van der Waals surface area contributed by atoms with Crippen molar-refractivity contribution in [1.29, 1.82) is 0 Å². The highest BCUT2D eigenvalue weighted by molar-refractivity contribution is 6.33. The van der Waals surface area contributed by atoms with Gasteiger partial charge in [-0.05, 0) is 56.7 Å². The molecule has 32 heavy (non-hydrogen) atoms. The third kappa shape index (κ3) is 4.91. The summed E-state index contributed by atoms with van der Waals surface area (Å²) in [5.41, 5.74) is -0.673. The van der Waals surface area contributed by atoms with Crippen LogP contribution in [0.3, 0.4) is 0 Å². The van der Waals surface area contributed by atoms with E-state index >= 15 is 0 Å². The fourth-order valence-electron chi connectivity index (χ4n) is 4.39. The molecule has 1 saturated heterocycles. The first kappa shape index (κ1) is 22.6. The highest BCUT2D eigenvalue weighted by Crippen LogP contribution is 2.42. The number of aliphatic hydroxyl groups is 1. The zero-order chi connectivity index (χ0) is 23.0. The largest absolute Gasteiger partial charge is 0.489 e. The molecule has 2 heterocycles. The Bertz CT molecular complexity index is 1000. The Kier molecular flexibility index (Phi) is 6.18. The first-order valence-corrected chi connectivity index (χ1v) is 11.1. The molecule has 2 aliphatic rings. The van der Waals surface area contributed by atoms with E-state index in [2.05, 4.69) is 5.10 Å². The van der Waals surface area contributed by atoms with Gasteiger partial charge in [0.25, 0.3) is 0 Å². The lowest BCUT2D eigenvalue weighted by atomic mass is 10.0. The number of carbonyl (C=O) groups is 2. The Labute approximate surface area is 192 Å². The summed E-state index contributed by atoms with van der Waals surface area (Å²) in [6.45, 7) is 6.17. The summed E-state index contributed by atoms with van der Waals surface area (Å²) < 4.78 is 13.1. The van der Waals surface area contributed by atoms with Crippen LogP contribution >= 0.6 is 11.6 Å². The van der Waals surface area contributed by atoms with Gasteiger partial charge in [-0.1, -0.05) is 17.7 Å². The molecule has 1 saturated carbocycles. The number of rotatable bonds is 6. The zero-order valence-corrected chi connectivity index (χ0v) is 19.2. The maximum atomic E-state index is 12.7. The molecule has 2 aromatic rings. The van der Waals surface area contributed by atoms with Crippen molar-refractivity contribution in [1.82, 2.24) is 14.7 Å². The number of halogens is 1. The van der Waals surface area contributed by atoms with Gasteiger partial charge in [0.05, 0.1) is 11.7 Å². The number of amides is 1. The van der Waals surface area contributed by atoms with Crippen molar-refractivity contribution in [3.05, 3.63) is 41.2 Å². The number of likely N-dealkylation sites (tertiary alicyclic amines) is 1. The molecule has 0 unspecified atom stereocenters. The highest BCUT2D eigenvalue weighted by atomic mass is 35.5. The van der Waals surface area contributed by atoms with Crippen LogP contribution in [0.25, 0.3) is 0 Å². The van der Waals surface area contributed by atoms with Gasteiger partial charge in [-0.3, -0.25) is 4.79 Å². The van der Waals surface area contributed by atoms with Crippen molar-refractivity contribution >= 4 is 23.4 Å². The van der Waals surface area contributed by atoms with Crippen molar-refractivity contribution in [3.8, 4) is 11.5 Å². The minimum Gasteiger partial charge on any atom is -0.489 e. The molecule has 4 rings (SSSR count). The topological polar surface area (TPSA) is 93.9 Å². The van der Waals surface area contributed by atoms with Crippen LogP contribution < -0.4 is 9.47 Å². The normalized spacial score (nSPS) is 22.7. The number of hydrogen-bond donors (Lipinski definition) is 1. The van der Waals surface area contributed by atoms with Crippen LogP contribution in [0, 0.1) is 11.8 Å². The van der Waals surface area contributed by atoms with Crippen molar-refractivity contribution in [2.75, 3.05) is 19.7 Å². The highest BCUT2D eigenvalue weighted by Gasteiger charge is 2.44. The van der Waals surface area contributed by atoms with Gasteiger partial charge in [0.2, 0.25) is 0 Å². The molecular formula is C23H28ClN3O5. The Hall–Kier alpha value is -2.58. The van der Waals surface area contributed by atoms with E-state index in [1.165, 1.54) is 17.8 Å². The second-order valence-corrected chi connectivity index (χ2v) is 9.67. The summed E-state index contributed by atoms with van der Waals surface area (Å²) in [4.78, 5) is 26.0. The van der Waals surface area contributed by atoms with Gasteiger partial charge in [0.1, 0.15) is 28.8 Å². The van der Waals surface area contributed by atoms with Crippen LogP contribution in [0.5, 0.6) is 11.5 Å². The van der Waals surface area contributed by atoms with E-state index in [1.807, 2.05) is 12.1 Å². The number of ketones is 1. The van der Waals surface area contributed by atoms with Crippen LogP contribution in [0.15, 0.2) is 30.5 Å². The molecule has 1 aromatic carbocycles. The SMILES string of the molecule is CC(=O)c1ccn(C(=O)N2C[C@H]3C[C@H](Oc4cccc(OCC(C)(C)O)c4Cl)C[C@H]3C2)n1. The van der Waals surface area contributed by atoms with Crippen molar-refractivity contribution < 1.29 is 24.2 Å². The number of ether oxygens (including phenoxy) is 2. The molecular weight excluding hydrogens is 434 g/mol. The molecule has 8 nitrogen and oxygen atoms in total. The van der Waals surface area contributed by atoms with Crippen molar-refractivity contribution in [2.45, 2.75) is 45.3 Å². The molecule has 2 fully saturated rings. The van der Waals surface area contributed by atoms with E-state index in [4.69, 9.17) is 21.1 Å². The molecule has 0 radical (unpaired) electrons. The van der Waals surface area contributed by atoms with Gasteiger partial charge in [0, 0.05) is 26.2 Å². The van der Waals surface area contributed by atoms with Crippen LogP contribution in [-0.4, -0.2) is 63.0 Å². The van der Waals surface area contributed by atoms with Crippen molar-refractivity contribution in [3.63, 3.8) is 0 Å². The minimum absolute atomic E-state index is 0.0123. The second-order valence-electron chi connectivity index (χ2n) is 9.29. The van der Waals surface area contributed by atoms with E-state index in [9.17, 15) is 14.7 Å². The smallest absolute Gasteiger partial charge is 0.344 e. The number of Topliss-reactive ketones (excluding diaryl/α,β-unsaturated/α-hetero) is 1. The molecule has 1 aliphatic heterocycles. The van der Waals surface area contributed by atoms with Crippen LogP contribution in [0.2, 0.25) is 5.02 Å². The van der Waals surface area contributed by atoms with Crippen LogP contribution in [-0.2, 0) is 0 Å². The minimum atomic E-state index is -0.962. The number of carbonyl (C=O) groups excluding carboxylic acids is 2. The van der Waals surface area contributed by atoms with E-state index in [-0.39, 0.29) is 30.2 Å². The molecule has 172 valence electrons. The van der Waals surface area contributed by atoms with E-state index in [1.54, 1.807) is 30.9 Å². The summed E-state index contributed by atoms with van der Waals surface area (Å²) in [6, 6.07) is 6.73. The van der Waals surface area contributed by atoms with E-state index in [0.717, 1.165) is 12.8 Å². The summed E-state index contributed by atoms with van der Waals surface area (Å²) in [6.07, 6.45) is 3.21. The molecule has 9 heteroatoms. The number of benzene rings is 1. The standard InChI is InChI=1S/C23H28ClN3O5/c1-14(28)18-7-8-27(25-18)22(29)26-11-15-9-17(10-16(15)12-26)32-20-6-4-5-19(21(20)24)31-13-23(2,3)30/h4-8,15-17,30H,9-13H2,1-3H3/t15-,16+,17+. The number of nitrogens with zero attached hydrogens (tertiary/aromatic N) is 3. The first-order chi connectivity index (χ1) is 15.1. The molecule has 0 spiro atoms. The molecule has 1 aliphatic carbocycles. The summed E-state index contributed by atoms with van der Waals surface area (Å²) in [5.74, 6) is 1.57. The maximum Gasteiger partial charge on any atom is 0.344 e. The Morgan fingerprint density at radius 2 is 1.84 bits per heavy atom. The average molecular weight is 462 g/mol. The fraction of sp³-hybridized carbons (Fsp3) is 0.522. The lowest BCUT2D eigenvalue weighted by Gasteiger charge is -2.21. The zero-order valence-electron chi connectivity index (χ0n) is 18.5. The lowest BCUT2D eigenvalue weighted by molar-refractivity contribution is 0.0284. The Balaban J connectivity index is 1.34. The lowest BCUT2D eigenvalue weighted by Crippen LogP contribution is -2.34. The fourth-order valence-corrected chi connectivity index (χ4v) is 4.61. The predicted molar refractivity (Wildman–Crippen MR) is 118 cm³/mol. The molecule has 1 aromatic heterocycles. The molecule has 0 bridgehead atoms. The van der Waals surface area contributed by atoms with Crippen LogP contribution in [0.4, 0.5) is 4.79 Å². The number of hydrogen-bond acceptors (Lipinski definition) is 6. The first-order valence-electron chi connectivity index (χ1n) is 10.8. The second kappa shape index (κ2) is 8.75. The maximum absolute atomic E-state index is 12.7. The third-order valence-electron chi connectivity index (χ3n) is 5.93. The molecule has 1 N–H and O–H groups in total. The van der Waals surface area contributed by atoms with E-state index in [0.29, 0.717) is 41.4 Å². The monoisotopic (exact) mass is 461 g/mol.